The number of nitrogens with zero attached hydrogens (tertiary/aromatic N) is 2. The number of aromatic carboxylic acids is 1. The molecular weight excluding hydrogens is 144 g/mol. The number of aryl methyl sites for hydroxylation is 1. The van der Waals surface area contributed by atoms with Crippen molar-refractivity contribution >= 4 is 5.97 Å². The molecule has 0 amide bonds. The molecule has 0 fully saturated rings. The van der Waals surface area contributed by atoms with E-state index < -0.39 is 5.97 Å². The van der Waals surface area contributed by atoms with E-state index in [1.54, 1.807) is 23.2 Å². The van der Waals surface area contributed by atoms with E-state index in [9.17, 15) is 9.90 Å². The number of rotatable bonds is 1. The molecule has 0 spiro atoms. The molecule has 11 heavy (non-hydrogen) atoms. The zero-order chi connectivity index (χ0) is 8.59. The third kappa shape index (κ3) is 1.11. The van der Waals surface area contributed by atoms with Crippen LogP contribution in [0.1, 0.15) is 16.3 Å². The molecule has 0 unspecified atom stereocenters. The van der Waals surface area contributed by atoms with E-state index in [1.165, 1.54) is 6.20 Å². The van der Waals surface area contributed by atoms with Gasteiger partial charge in [0.05, 0.1) is 14.1 Å². The summed E-state index contributed by atoms with van der Waals surface area (Å²) in [5.41, 5.74) is 0.199. The van der Waals surface area contributed by atoms with Gasteiger partial charge in [-0.05, 0) is 0 Å². The van der Waals surface area contributed by atoms with Gasteiger partial charge in [0.25, 0.3) is 5.82 Å². The summed E-state index contributed by atoms with van der Waals surface area (Å²) < 4.78 is 3.32. The van der Waals surface area contributed by atoms with Crippen molar-refractivity contribution in [2.24, 2.45) is 14.1 Å². The average Bonchev–Trinajstić information content (AvgIpc) is 2.17. The van der Waals surface area contributed by atoms with Crippen molar-refractivity contribution < 1.29 is 14.5 Å². The summed E-state index contributed by atoms with van der Waals surface area (Å²) in [5.74, 6) is -0.264. The zero-order valence-corrected chi connectivity index (χ0v) is 6.79. The number of carbonyl (C=O) groups excluding carboxylic acids is 1. The van der Waals surface area contributed by atoms with Crippen molar-refractivity contribution in [3.05, 3.63) is 17.7 Å². The van der Waals surface area contributed by atoms with E-state index in [1.807, 2.05) is 6.92 Å². The fourth-order valence-electron chi connectivity index (χ4n) is 0.964. The summed E-state index contributed by atoms with van der Waals surface area (Å²) in [7, 11) is 3.49. The molecule has 0 atom stereocenters. The summed E-state index contributed by atoms with van der Waals surface area (Å²) in [5, 5.41) is 10.4. The first-order valence-electron chi connectivity index (χ1n) is 3.27. The van der Waals surface area contributed by atoms with Gasteiger partial charge < -0.3 is 9.90 Å². The molecule has 1 rings (SSSR count). The summed E-state index contributed by atoms with van der Waals surface area (Å²) in [6.45, 7) is 1.84. The number of carboxylic acid groups (broad SMARTS) is 1. The normalized spacial score (nSPS) is 10.1. The van der Waals surface area contributed by atoms with Gasteiger partial charge >= 0.3 is 0 Å². The van der Waals surface area contributed by atoms with Crippen molar-refractivity contribution in [3.8, 4) is 0 Å². The van der Waals surface area contributed by atoms with Crippen LogP contribution in [-0.4, -0.2) is 10.5 Å². The SMILES string of the molecule is Cc1n(C)c(C(=O)[O-])c[n+]1C. The van der Waals surface area contributed by atoms with Crippen LogP contribution in [-0.2, 0) is 14.1 Å². The Balaban J connectivity index is 3.29. The lowest BCUT2D eigenvalue weighted by atomic mass is 10.5. The smallest absolute Gasteiger partial charge is 0.253 e. The molecule has 0 aliphatic carbocycles. The van der Waals surface area contributed by atoms with Gasteiger partial charge in [0.2, 0.25) is 0 Å². The second-order valence-corrected chi connectivity index (χ2v) is 2.52. The van der Waals surface area contributed by atoms with E-state index in [0.29, 0.717) is 0 Å². The lowest BCUT2D eigenvalue weighted by Crippen LogP contribution is -2.29. The first kappa shape index (κ1) is 7.78. The molecule has 0 radical (unpaired) electrons. The molecule has 0 aromatic carbocycles. The minimum Gasteiger partial charge on any atom is -0.541 e. The van der Waals surface area contributed by atoms with Crippen LogP contribution in [0.4, 0.5) is 0 Å². The summed E-state index contributed by atoms with van der Waals surface area (Å²) in [4.78, 5) is 10.4. The van der Waals surface area contributed by atoms with Crippen molar-refractivity contribution in [2.75, 3.05) is 0 Å². The number of hydrogen-bond donors (Lipinski definition) is 0. The van der Waals surface area contributed by atoms with Crippen molar-refractivity contribution in [1.29, 1.82) is 0 Å². The quantitative estimate of drug-likeness (QED) is 0.463. The Morgan fingerprint density at radius 3 is 2.45 bits per heavy atom. The maximum Gasteiger partial charge on any atom is 0.253 e. The highest BCUT2D eigenvalue weighted by molar-refractivity contribution is 5.83. The number of hydrogen-bond acceptors (Lipinski definition) is 2. The Morgan fingerprint density at radius 2 is 2.27 bits per heavy atom. The van der Waals surface area contributed by atoms with E-state index in [2.05, 4.69) is 0 Å². The van der Waals surface area contributed by atoms with Crippen molar-refractivity contribution in [1.82, 2.24) is 4.57 Å². The number of aromatic nitrogens is 2. The monoisotopic (exact) mass is 154 g/mol. The first-order chi connectivity index (χ1) is 5.04. The van der Waals surface area contributed by atoms with E-state index in [0.717, 1.165) is 5.82 Å². The van der Waals surface area contributed by atoms with Crippen LogP contribution in [0.25, 0.3) is 0 Å². The Kier molecular flexibility index (Phi) is 1.68. The van der Waals surface area contributed by atoms with Gasteiger partial charge in [-0.1, -0.05) is 0 Å². The second kappa shape index (κ2) is 2.38. The van der Waals surface area contributed by atoms with Gasteiger partial charge in [0.15, 0.2) is 5.69 Å². The van der Waals surface area contributed by atoms with E-state index in [4.69, 9.17) is 0 Å². The van der Waals surface area contributed by atoms with Gasteiger partial charge in [0.1, 0.15) is 12.2 Å². The molecule has 0 bridgehead atoms. The van der Waals surface area contributed by atoms with Gasteiger partial charge in [-0.25, -0.2) is 9.13 Å². The van der Waals surface area contributed by atoms with Crippen LogP contribution >= 0.6 is 0 Å². The number of carboxylic acids is 1. The largest absolute Gasteiger partial charge is 0.541 e. The molecule has 4 nitrogen and oxygen atoms in total. The molecule has 0 saturated heterocycles. The molecule has 1 heterocycles. The predicted octanol–water partition coefficient (Wildman–Crippen LogP) is -1.48. The lowest BCUT2D eigenvalue weighted by molar-refractivity contribution is -0.677. The molecule has 0 aliphatic rings. The fourth-order valence-corrected chi connectivity index (χ4v) is 0.964. The molecule has 1 aromatic heterocycles. The summed E-state index contributed by atoms with van der Waals surface area (Å²) >= 11 is 0. The molecule has 1 aromatic rings. The highest BCUT2D eigenvalue weighted by Crippen LogP contribution is 1.96. The highest BCUT2D eigenvalue weighted by atomic mass is 16.4. The molecule has 0 aliphatic heterocycles. The number of carbonyl (C=O) groups is 1. The van der Waals surface area contributed by atoms with Gasteiger partial charge in [-0.3, -0.25) is 0 Å². The topological polar surface area (TPSA) is 48.9 Å². The maximum absolute atomic E-state index is 10.4. The zero-order valence-electron chi connectivity index (χ0n) is 6.79. The maximum atomic E-state index is 10.4. The molecule has 60 valence electrons. The third-order valence-electron chi connectivity index (χ3n) is 1.88. The first-order valence-corrected chi connectivity index (χ1v) is 3.27. The Labute approximate surface area is 64.7 Å². The lowest BCUT2D eigenvalue weighted by Gasteiger charge is -1.95. The minimum absolute atomic E-state index is 0.199. The average molecular weight is 154 g/mol. The van der Waals surface area contributed by atoms with Crippen LogP contribution in [0.5, 0.6) is 0 Å². The molecule has 0 saturated carbocycles. The van der Waals surface area contributed by atoms with Crippen LogP contribution in [0, 0.1) is 6.92 Å². The minimum atomic E-state index is -1.14. The van der Waals surface area contributed by atoms with Gasteiger partial charge in [-0.2, -0.15) is 0 Å². The van der Waals surface area contributed by atoms with Gasteiger partial charge in [-0.15, -0.1) is 0 Å². The summed E-state index contributed by atoms with van der Waals surface area (Å²) in [6, 6.07) is 0. The third-order valence-corrected chi connectivity index (χ3v) is 1.88. The van der Waals surface area contributed by atoms with Crippen molar-refractivity contribution in [3.63, 3.8) is 0 Å². The second-order valence-electron chi connectivity index (χ2n) is 2.52. The van der Waals surface area contributed by atoms with Gasteiger partial charge in [0, 0.05) is 6.92 Å². The number of imidazole rings is 1. The van der Waals surface area contributed by atoms with E-state index >= 15 is 0 Å². The molecule has 4 heteroatoms. The van der Waals surface area contributed by atoms with Crippen molar-refractivity contribution in [2.45, 2.75) is 6.92 Å². The van der Waals surface area contributed by atoms with Crippen LogP contribution in [0.3, 0.4) is 0 Å². The Hall–Kier alpha value is -1.32. The highest BCUT2D eigenvalue weighted by Gasteiger charge is 2.13. The van der Waals surface area contributed by atoms with E-state index in [-0.39, 0.29) is 5.69 Å². The van der Waals surface area contributed by atoms with Crippen LogP contribution < -0.4 is 9.67 Å². The van der Waals surface area contributed by atoms with Crippen LogP contribution in [0.2, 0.25) is 0 Å². The Morgan fingerprint density at radius 1 is 1.73 bits per heavy atom. The fraction of sp³-hybridized carbons (Fsp3) is 0.429. The molecule has 0 N–H and O–H groups in total. The predicted molar refractivity (Wildman–Crippen MR) is 35.7 cm³/mol. The van der Waals surface area contributed by atoms with Crippen LogP contribution in [0.15, 0.2) is 6.20 Å². The summed E-state index contributed by atoms with van der Waals surface area (Å²) in [6.07, 6.45) is 1.53. The molecular formula is C7H10N2O2. The standard InChI is InChI=1S/C7H10N2O2/c1-5-8(2)4-6(7(10)11)9(5)3/h4H,1-3H3. The Bertz CT molecular complexity index is 302.